The molecule has 0 aliphatic heterocycles. The van der Waals surface area contributed by atoms with Gasteiger partial charge in [-0.2, -0.15) is 5.10 Å². The first kappa shape index (κ1) is 13.2. The maximum absolute atomic E-state index is 4.39. The van der Waals surface area contributed by atoms with Gasteiger partial charge in [0.15, 0.2) is 0 Å². The number of aryl methyl sites for hydroxylation is 2. The predicted octanol–water partition coefficient (Wildman–Crippen LogP) is 2.39. The maximum atomic E-state index is 4.39. The lowest BCUT2D eigenvalue weighted by atomic mass is 10.0. The van der Waals surface area contributed by atoms with Gasteiger partial charge in [-0.05, 0) is 48.0 Å². The van der Waals surface area contributed by atoms with Crippen LogP contribution in [0.4, 0.5) is 0 Å². The molecule has 5 heteroatoms. The van der Waals surface area contributed by atoms with Crippen molar-refractivity contribution < 1.29 is 0 Å². The third-order valence-corrected chi connectivity index (χ3v) is 3.41. The molecule has 0 saturated heterocycles. The highest BCUT2D eigenvalue weighted by Gasteiger charge is 2.15. The van der Waals surface area contributed by atoms with Crippen molar-refractivity contribution in [1.29, 1.82) is 0 Å². The summed E-state index contributed by atoms with van der Waals surface area (Å²) >= 11 is 3.45. The molecule has 18 heavy (non-hydrogen) atoms. The summed E-state index contributed by atoms with van der Waals surface area (Å²) in [6, 6.07) is 2.36. The summed E-state index contributed by atoms with van der Waals surface area (Å²) in [5, 5.41) is 7.73. The summed E-state index contributed by atoms with van der Waals surface area (Å²) in [7, 11) is 3.92. The minimum Gasteiger partial charge on any atom is -0.313 e. The molecule has 4 nitrogen and oxygen atoms in total. The predicted molar refractivity (Wildman–Crippen MR) is 75.4 cm³/mol. The van der Waals surface area contributed by atoms with Gasteiger partial charge >= 0.3 is 0 Å². The van der Waals surface area contributed by atoms with Gasteiger partial charge in [-0.15, -0.1) is 0 Å². The van der Waals surface area contributed by atoms with Crippen LogP contribution in [0.1, 0.15) is 22.9 Å². The lowest BCUT2D eigenvalue weighted by Crippen LogP contribution is -2.19. The van der Waals surface area contributed by atoms with E-state index in [1.807, 2.05) is 31.9 Å². The minimum absolute atomic E-state index is 0.259. The monoisotopic (exact) mass is 308 g/mol. The Morgan fingerprint density at radius 2 is 2.22 bits per heavy atom. The van der Waals surface area contributed by atoms with E-state index in [-0.39, 0.29) is 6.04 Å². The molecule has 0 fully saturated rings. The summed E-state index contributed by atoms with van der Waals surface area (Å²) in [5.41, 5.74) is 3.51. The zero-order valence-electron chi connectivity index (χ0n) is 10.8. The molecule has 2 aromatic rings. The SMILES string of the molecule is CNC(Cc1cncc(Br)c1)c1cn(C)nc1C. The fourth-order valence-electron chi connectivity index (χ4n) is 2.13. The number of hydrogen-bond acceptors (Lipinski definition) is 3. The van der Waals surface area contributed by atoms with Crippen molar-refractivity contribution in [3.05, 3.63) is 46.0 Å². The number of nitrogens with zero attached hydrogens (tertiary/aromatic N) is 3. The molecular formula is C13H17BrN4. The quantitative estimate of drug-likeness (QED) is 0.943. The Morgan fingerprint density at radius 1 is 1.44 bits per heavy atom. The second-order valence-electron chi connectivity index (χ2n) is 4.40. The summed E-state index contributed by atoms with van der Waals surface area (Å²) in [5.74, 6) is 0. The van der Waals surface area contributed by atoms with Crippen molar-refractivity contribution >= 4 is 15.9 Å². The van der Waals surface area contributed by atoms with E-state index >= 15 is 0 Å². The Bertz CT molecular complexity index is 536. The van der Waals surface area contributed by atoms with Crippen LogP contribution in [-0.2, 0) is 13.5 Å². The number of rotatable bonds is 4. The second-order valence-corrected chi connectivity index (χ2v) is 5.32. The maximum Gasteiger partial charge on any atom is 0.0641 e. The van der Waals surface area contributed by atoms with Gasteiger partial charge in [0.1, 0.15) is 0 Å². The molecule has 0 saturated carbocycles. The Morgan fingerprint density at radius 3 is 2.78 bits per heavy atom. The van der Waals surface area contributed by atoms with E-state index in [2.05, 4.69) is 43.6 Å². The standard InChI is InChI=1S/C13H17BrN4/c1-9-12(8-18(3)17-9)13(15-2)5-10-4-11(14)7-16-6-10/h4,6-8,13,15H,5H2,1-3H3. The van der Waals surface area contributed by atoms with E-state index in [0.29, 0.717) is 0 Å². The van der Waals surface area contributed by atoms with Gasteiger partial charge < -0.3 is 5.32 Å². The molecule has 2 aromatic heterocycles. The van der Waals surface area contributed by atoms with Crippen molar-refractivity contribution in [3.63, 3.8) is 0 Å². The van der Waals surface area contributed by atoms with Crippen LogP contribution in [0.15, 0.2) is 29.1 Å². The normalized spacial score (nSPS) is 12.7. The summed E-state index contributed by atoms with van der Waals surface area (Å²) < 4.78 is 2.87. The third kappa shape index (κ3) is 2.97. The van der Waals surface area contributed by atoms with Gasteiger partial charge in [0.2, 0.25) is 0 Å². The van der Waals surface area contributed by atoms with Gasteiger partial charge in [-0.25, -0.2) is 0 Å². The molecule has 1 atom stereocenters. The Balaban J connectivity index is 2.22. The molecule has 2 rings (SSSR count). The molecule has 0 aromatic carbocycles. The van der Waals surface area contributed by atoms with Gasteiger partial charge in [0.05, 0.1) is 5.69 Å². The summed E-state index contributed by atoms with van der Waals surface area (Å²) in [6.07, 6.45) is 6.67. The number of hydrogen-bond donors (Lipinski definition) is 1. The number of halogens is 1. The molecule has 1 N–H and O–H groups in total. The van der Waals surface area contributed by atoms with E-state index in [4.69, 9.17) is 0 Å². The van der Waals surface area contributed by atoms with Crippen LogP contribution in [0, 0.1) is 6.92 Å². The molecule has 0 aliphatic carbocycles. The Hall–Kier alpha value is -1.20. The molecule has 0 bridgehead atoms. The highest BCUT2D eigenvalue weighted by Crippen LogP contribution is 2.21. The molecule has 0 amide bonds. The average molecular weight is 309 g/mol. The first-order chi connectivity index (χ1) is 8.60. The van der Waals surface area contributed by atoms with Crippen LogP contribution >= 0.6 is 15.9 Å². The molecule has 1 unspecified atom stereocenters. The number of pyridine rings is 1. The average Bonchev–Trinajstić information content (AvgIpc) is 2.65. The summed E-state index contributed by atoms with van der Waals surface area (Å²) in [6.45, 7) is 2.04. The highest BCUT2D eigenvalue weighted by molar-refractivity contribution is 9.10. The molecule has 0 radical (unpaired) electrons. The van der Waals surface area contributed by atoms with Crippen molar-refractivity contribution in [2.45, 2.75) is 19.4 Å². The third-order valence-electron chi connectivity index (χ3n) is 2.98. The van der Waals surface area contributed by atoms with E-state index in [1.165, 1.54) is 11.1 Å². The van der Waals surface area contributed by atoms with Crippen molar-refractivity contribution in [1.82, 2.24) is 20.1 Å². The minimum atomic E-state index is 0.259. The van der Waals surface area contributed by atoms with E-state index in [9.17, 15) is 0 Å². The molecule has 2 heterocycles. The largest absolute Gasteiger partial charge is 0.313 e. The Labute approximate surface area is 116 Å². The van der Waals surface area contributed by atoms with Crippen molar-refractivity contribution in [3.8, 4) is 0 Å². The number of nitrogens with one attached hydrogen (secondary N) is 1. The zero-order valence-corrected chi connectivity index (χ0v) is 12.4. The lowest BCUT2D eigenvalue weighted by Gasteiger charge is -2.15. The van der Waals surface area contributed by atoms with Crippen LogP contribution < -0.4 is 5.32 Å². The van der Waals surface area contributed by atoms with Crippen molar-refractivity contribution in [2.24, 2.45) is 7.05 Å². The van der Waals surface area contributed by atoms with Gasteiger partial charge in [0, 0.05) is 41.7 Å². The molecule has 0 aliphatic rings. The number of likely N-dealkylation sites (N-methyl/N-ethyl adjacent to an activating group) is 1. The Kier molecular flexibility index (Phi) is 4.14. The zero-order chi connectivity index (χ0) is 13.1. The first-order valence-electron chi connectivity index (χ1n) is 5.87. The van der Waals surface area contributed by atoms with Crippen LogP contribution in [-0.4, -0.2) is 21.8 Å². The fourth-order valence-corrected chi connectivity index (χ4v) is 2.54. The highest BCUT2D eigenvalue weighted by atomic mass is 79.9. The van der Waals surface area contributed by atoms with Gasteiger partial charge in [0.25, 0.3) is 0 Å². The topological polar surface area (TPSA) is 42.7 Å². The lowest BCUT2D eigenvalue weighted by molar-refractivity contribution is 0.587. The second kappa shape index (κ2) is 5.63. The molecular weight excluding hydrogens is 292 g/mol. The van der Waals surface area contributed by atoms with E-state index < -0.39 is 0 Å². The van der Waals surface area contributed by atoms with Crippen LogP contribution in [0.5, 0.6) is 0 Å². The summed E-state index contributed by atoms with van der Waals surface area (Å²) in [4.78, 5) is 4.20. The van der Waals surface area contributed by atoms with Crippen LogP contribution in [0.3, 0.4) is 0 Å². The van der Waals surface area contributed by atoms with Crippen LogP contribution in [0.2, 0.25) is 0 Å². The van der Waals surface area contributed by atoms with Crippen LogP contribution in [0.25, 0.3) is 0 Å². The van der Waals surface area contributed by atoms with Gasteiger partial charge in [-0.3, -0.25) is 9.67 Å². The smallest absolute Gasteiger partial charge is 0.0641 e. The fraction of sp³-hybridized carbons (Fsp3) is 0.385. The molecule has 96 valence electrons. The molecule has 0 spiro atoms. The first-order valence-corrected chi connectivity index (χ1v) is 6.66. The van der Waals surface area contributed by atoms with E-state index in [0.717, 1.165) is 16.6 Å². The van der Waals surface area contributed by atoms with Gasteiger partial charge in [-0.1, -0.05) is 0 Å². The van der Waals surface area contributed by atoms with E-state index in [1.54, 1.807) is 6.20 Å². The van der Waals surface area contributed by atoms with Crippen molar-refractivity contribution in [2.75, 3.05) is 7.05 Å². The number of aromatic nitrogens is 3.